The number of carbonyl (C=O) groups excluding carboxylic acids is 1. The van der Waals surface area contributed by atoms with Gasteiger partial charge in [-0.1, -0.05) is 138 Å². The van der Waals surface area contributed by atoms with Crippen molar-refractivity contribution in [3.05, 3.63) is 323 Å². The van der Waals surface area contributed by atoms with Gasteiger partial charge in [0, 0.05) is 127 Å². The molecule has 22 nitrogen and oxygen atoms in total. The maximum atomic E-state index is 12.6. The van der Waals surface area contributed by atoms with E-state index in [-0.39, 0.29) is 90.6 Å². The van der Waals surface area contributed by atoms with Gasteiger partial charge in [-0.15, -0.1) is 65.7 Å². The van der Waals surface area contributed by atoms with Crippen LogP contribution in [0.2, 0.25) is 0 Å². The summed E-state index contributed by atoms with van der Waals surface area (Å²) in [6, 6.07) is 67.1. The van der Waals surface area contributed by atoms with Crippen LogP contribution >= 0.6 is 36.3 Å². The van der Waals surface area contributed by atoms with Crippen molar-refractivity contribution in [2.45, 2.75) is 18.5 Å². The third-order valence-electron chi connectivity index (χ3n) is 12.9. The van der Waals surface area contributed by atoms with E-state index in [2.05, 4.69) is 161 Å². The number of benzene rings is 3. The molecule has 0 bridgehead atoms. The summed E-state index contributed by atoms with van der Waals surface area (Å²) in [5, 5.41) is 22.5. The minimum atomic E-state index is -4.69. The van der Waals surface area contributed by atoms with Crippen molar-refractivity contribution < 1.29 is 174 Å². The summed E-state index contributed by atoms with van der Waals surface area (Å²) in [5.41, 5.74) is 5.52. The number of pyridine rings is 7. The van der Waals surface area contributed by atoms with E-state index in [0.29, 0.717) is 17.1 Å². The number of hydrogen-bond acceptors (Lipinski definition) is 17. The zero-order valence-corrected chi connectivity index (χ0v) is 76.1. The normalized spacial score (nSPS) is 10.1. The second-order valence-electron chi connectivity index (χ2n) is 20.3. The predicted octanol–water partition coefficient (Wildman–Crippen LogP) is 12.8. The Morgan fingerprint density at radius 3 is 0.889 bits per heavy atom. The number of rotatable bonds is 9. The fraction of sp³-hybridized carbons (Fsp3) is 0.0667. The van der Waals surface area contributed by atoms with Gasteiger partial charge in [-0.25, -0.2) is 0 Å². The first-order valence-corrected chi connectivity index (χ1v) is 41.2. The van der Waals surface area contributed by atoms with Crippen molar-refractivity contribution in [3.8, 4) is 79.5 Å². The van der Waals surface area contributed by atoms with Gasteiger partial charge in [0.15, 0.2) is 0 Å². The standard InChI is InChI=1S/C11H7FN.C11H8N.3C9H5F3N3.2C8H6N3.C8H12P2.CHO.CH3.ClHO4.2ClH.5Ir/c12-10-6-4-9(5-7-10)11-3-1-2-8-13-11;1-2-6-10(7-3-1)11-8-4-5-9-12-11;3*10-9(11,12)8-5-7(14-15-8)6-3-1-2-4-13-6;2*1-2-4-10-7(3-1)8-5-9-6-11-8;1-9-7-5-3-4-6-8(7)10-2;1-2;;2-1(3,4)5;;;;;;;/h1-4,6-8H;1-6,8-9H;3*1-5H;2*1-6H;3-6,9-10H,1-2H3;1H;1H3;(H,2,3,4,5);2*1H;;;;;/q7*-1;;2*-1;;;;;;;2*+3/p-2. The summed E-state index contributed by atoms with van der Waals surface area (Å²) < 4.78 is 155. The van der Waals surface area contributed by atoms with E-state index in [4.69, 9.17) is 23.4 Å². The van der Waals surface area contributed by atoms with Gasteiger partial charge in [0.25, 0.3) is 0 Å². The molecule has 3 radical (unpaired) electrons. The van der Waals surface area contributed by atoms with Crippen LogP contribution in [0.25, 0.3) is 79.5 Å². The van der Waals surface area contributed by atoms with Crippen molar-refractivity contribution in [1.29, 1.82) is 0 Å². The molecule has 117 heavy (non-hydrogen) atoms. The molecular formula is C75H59Cl3F10Ir5N17O5P2-5. The summed E-state index contributed by atoms with van der Waals surface area (Å²) in [4.78, 5) is 51.7. The molecule has 12 heterocycles. The molecule has 15 aromatic rings. The van der Waals surface area contributed by atoms with Gasteiger partial charge in [0.05, 0.1) is 26.3 Å². The molecule has 0 spiro atoms. The van der Waals surface area contributed by atoms with Gasteiger partial charge in [0.1, 0.15) is 17.1 Å². The molecule has 0 saturated heterocycles. The minimum Gasteiger partial charge on any atom is -0.449 e. The van der Waals surface area contributed by atoms with Crippen molar-refractivity contribution in [2.24, 2.45) is 0 Å². The molecule has 12 aromatic heterocycles. The molecule has 0 fully saturated rings. The monoisotopic (exact) mass is 2600 g/mol. The van der Waals surface area contributed by atoms with Crippen LogP contribution in [0.1, 0.15) is 17.1 Å². The Bertz CT molecular complexity index is 4580. The molecular weight excluding hydrogens is 2540 g/mol. The third kappa shape index (κ3) is 42.7. The molecule has 0 amide bonds. The van der Waals surface area contributed by atoms with Gasteiger partial charge in [-0.3, -0.25) is 36.1 Å². The summed E-state index contributed by atoms with van der Waals surface area (Å²) in [6.07, 6.45) is 4.47. The molecule has 2 atom stereocenters. The van der Waals surface area contributed by atoms with Crippen molar-refractivity contribution in [2.75, 3.05) is 13.3 Å². The molecule has 42 heteroatoms. The van der Waals surface area contributed by atoms with Crippen LogP contribution in [-0.4, -0.2) is 84.9 Å². The summed E-state index contributed by atoms with van der Waals surface area (Å²) in [6.45, 7) is 7.72. The van der Waals surface area contributed by atoms with Crippen LogP contribution in [-0.2, 0) is 119 Å². The smallest absolute Gasteiger partial charge is 0.0777 e. The molecule has 3 aromatic carbocycles. The van der Waals surface area contributed by atoms with Crippen molar-refractivity contribution >= 4 is 53.7 Å². The molecule has 2 unspecified atom stereocenters. The van der Waals surface area contributed by atoms with Crippen LogP contribution in [0.3, 0.4) is 0 Å². The van der Waals surface area contributed by atoms with Crippen LogP contribution < -0.4 is 49.9 Å². The maximum Gasteiger partial charge on any atom is 0.0777 e. The molecule has 0 aliphatic heterocycles. The van der Waals surface area contributed by atoms with Crippen molar-refractivity contribution in [1.82, 2.24) is 85.4 Å². The number of nitrogens with zero attached hydrogens (tertiary/aromatic N) is 17. The van der Waals surface area contributed by atoms with Crippen LogP contribution in [0.15, 0.2) is 281 Å². The van der Waals surface area contributed by atoms with Crippen LogP contribution in [0, 0.1) is 35.6 Å². The van der Waals surface area contributed by atoms with Gasteiger partial charge < -0.3 is 72.7 Å². The van der Waals surface area contributed by atoms with Gasteiger partial charge in [-0.05, 0) is 138 Å². The van der Waals surface area contributed by atoms with E-state index < -0.39 is 45.9 Å². The molecule has 0 saturated carbocycles. The fourth-order valence-electron chi connectivity index (χ4n) is 8.06. The summed E-state index contributed by atoms with van der Waals surface area (Å²) in [7, 11) is 6.47. The van der Waals surface area contributed by atoms with E-state index in [0.717, 1.165) is 80.7 Å². The zero-order chi connectivity index (χ0) is 82.9. The van der Waals surface area contributed by atoms with E-state index in [1.54, 1.807) is 97.8 Å². The molecule has 0 aliphatic carbocycles. The molecule has 0 aliphatic rings. The van der Waals surface area contributed by atoms with Gasteiger partial charge in [-0.2, -0.15) is 53.5 Å². The summed E-state index contributed by atoms with van der Waals surface area (Å²) >= 11 is 2.94. The molecule has 1 N–H and O–H groups in total. The Morgan fingerprint density at radius 1 is 0.410 bits per heavy atom. The minimum absolute atomic E-state index is 0. The van der Waals surface area contributed by atoms with E-state index in [9.17, 15) is 43.9 Å². The number of imidazole rings is 2. The van der Waals surface area contributed by atoms with Crippen LogP contribution in [0.4, 0.5) is 43.9 Å². The Morgan fingerprint density at radius 2 is 0.675 bits per heavy atom. The number of alkyl halides is 9. The topological polar surface area (TPSA) is 332 Å². The first kappa shape index (κ1) is 109. The van der Waals surface area contributed by atoms with Gasteiger partial charge >= 0.3 is 73.5 Å². The average Bonchev–Trinajstić information content (AvgIpc) is 1.71. The molecule has 15 rings (SSSR count). The van der Waals surface area contributed by atoms with Crippen molar-refractivity contribution in [3.63, 3.8) is 0 Å². The quantitative estimate of drug-likeness (QED) is 0.0607. The van der Waals surface area contributed by atoms with E-state index in [1.165, 1.54) is 89.8 Å². The van der Waals surface area contributed by atoms with Crippen LogP contribution in [0.5, 0.6) is 0 Å². The number of halogens is 13. The first-order chi connectivity index (χ1) is 54.4. The SMILES string of the molecule is CPc1ccccc1PC.FC(F)(F)c1cc(-c2ccccn2)[n-]n1.FC(F)(F)c1cc(-c2ccccn2)[n-]n1.FC(F)(F)c1cc(-c2ccccn2)[n-]n1.Fc1c[c-]c(-c2ccccn2)cc1.[CH-]=O.[CH3-].[Cl][Ir+2].[Cl][Ir+2].[Ir].[Ir].[Ir].[O-][Cl+3]([O-])([O-])O.[c-]1ccccc1-c1ccccn1.c1ccc(-c2cnc[n-]2)nc1.c1ccc(-c2cnc[n-]2)nc1. The van der Waals surface area contributed by atoms with E-state index in [1.807, 2.05) is 97.1 Å². The number of aromatic nitrogens is 17. The Kier molecular flexibility index (Phi) is 55.7. The first-order valence-electron chi connectivity index (χ1n) is 31.0. The van der Waals surface area contributed by atoms with Gasteiger partial charge in [0.2, 0.25) is 0 Å². The Labute approximate surface area is 740 Å². The predicted molar refractivity (Wildman–Crippen MR) is 397 cm³/mol. The average molecular weight is 2600 g/mol. The largest absolute Gasteiger partial charge is 0.449 e. The Balaban J connectivity index is 0.00000129. The zero-order valence-electron chi connectivity index (χ0n) is 59.9. The molecule has 625 valence electrons. The second-order valence-corrected chi connectivity index (χ2v) is 23.2. The van der Waals surface area contributed by atoms with E-state index >= 15 is 0 Å². The number of hydrogen-bond donors (Lipinski definition) is 1. The third-order valence-corrected chi connectivity index (χ3v) is 15.1. The Hall–Kier alpha value is -8.45. The maximum absolute atomic E-state index is 12.6. The summed E-state index contributed by atoms with van der Waals surface area (Å²) in [5.74, 6) is -0.278. The second kappa shape index (κ2) is 60.1. The fourth-order valence-corrected chi connectivity index (χ4v) is 10.0.